The molecule has 1 N–H and O–H groups in total. The number of rotatable bonds is 4. The third-order valence-corrected chi connectivity index (χ3v) is 3.47. The Balaban J connectivity index is 2.32. The van der Waals surface area contributed by atoms with Crippen molar-refractivity contribution in [2.24, 2.45) is 0 Å². The van der Waals surface area contributed by atoms with Crippen LogP contribution in [0.25, 0.3) is 0 Å². The number of carbonyl (C=O) groups excluding carboxylic acids is 1. The van der Waals surface area contributed by atoms with Crippen LogP contribution >= 0.6 is 0 Å². The minimum Gasteiger partial charge on any atom is -0.373 e. The molecule has 1 heterocycles. The molecule has 0 saturated carbocycles. The fourth-order valence-electron chi connectivity index (χ4n) is 2.10. The fraction of sp³-hybridized carbons (Fsp3) is 0.294. The molecule has 4 heteroatoms. The lowest BCUT2D eigenvalue weighted by molar-refractivity contribution is 0.0993. The molecule has 1 aromatic heterocycles. The first-order chi connectivity index (χ1) is 10.0. The SMILES string of the molecule is CCc1cc(C(=O)N(C)c2ccc(C)cc2)cc(NC)n1. The zero-order valence-electron chi connectivity index (χ0n) is 13.0. The van der Waals surface area contributed by atoms with Crippen molar-refractivity contribution in [2.45, 2.75) is 20.3 Å². The van der Waals surface area contributed by atoms with Gasteiger partial charge in [-0.25, -0.2) is 4.98 Å². The molecule has 21 heavy (non-hydrogen) atoms. The molecule has 1 amide bonds. The third-order valence-electron chi connectivity index (χ3n) is 3.47. The number of amides is 1. The summed E-state index contributed by atoms with van der Waals surface area (Å²) in [5.41, 5.74) is 3.61. The van der Waals surface area contributed by atoms with E-state index in [1.54, 1.807) is 25.1 Å². The van der Waals surface area contributed by atoms with E-state index >= 15 is 0 Å². The van der Waals surface area contributed by atoms with Gasteiger partial charge in [0.1, 0.15) is 5.82 Å². The van der Waals surface area contributed by atoms with Crippen molar-refractivity contribution in [3.8, 4) is 0 Å². The van der Waals surface area contributed by atoms with Gasteiger partial charge in [0, 0.05) is 31.0 Å². The van der Waals surface area contributed by atoms with Crippen molar-refractivity contribution in [2.75, 3.05) is 24.3 Å². The van der Waals surface area contributed by atoms with E-state index in [9.17, 15) is 4.79 Å². The van der Waals surface area contributed by atoms with E-state index in [4.69, 9.17) is 0 Å². The van der Waals surface area contributed by atoms with Crippen molar-refractivity contribution in [1.29, 1.82) is 0 Å². The van der Waals surface area contributed by atoms with Crippen molar-refractivity contribution in [3.63, 3.8) is 0 Å². The predicted octanol–water partition coefficient (Wildman–Crippen LogP) is 3.27. The highest BCUT2D eigenvalue weighted by Crippen LogP contribution is 2.18. The van der Waals surface area contributed by atoms with Crippen LogP contribution in [0.3, 0.4) is 0 Å². The molecule has 0 spiro atoms. The quantitative estimate of drug-likeness (QED) is 0.936. The van der Waals surface area contributed by atoms with E-state index in [0.29, 0.717) is 5.56 Å². The van der Waals surface area contributed by atoms with Crippen LogP contribution in [-0.4, -0.2) is 25.0 Å². The smallest absolute Gasteiger partial charge is 0.258 e. The molecule has 0 atom stereocenters. The van der Waals surface area contributed by atoms with Gasteiger partial charge in [-0.2, -0.15) is 0 Å². The first-order valence-electron chi connectivity index (χ1n) is 7.08. The first-order valence-corrected chi connectivity index (χ1v) is 7.08. The normalized spacial score (nSPS) is 10.3. The van der Waals surface area contributed by atoms with Gasteiger partial charge in [-0.3, -0.25) is 4.79 Å². The Morgan fingerprint density at radius 2 is 1.90 bits per heavy atom. The zero-order chi connectivity index (χ0) is 15.4. The molecule has 110 valence electrons. The Morgan fingerprint density at radius 1 is 1.24 bits per heavy atom. The summed E-state index contributed by atoms with van der Waals surface area (Å²) in [7, 11) is 3.60. The molecule has 0 radical (unpaired) electrons. The number of hydrogen-bond acceptors (Lipinski definition) is 3. The number of nitrogens with zero attached hydrogens (tertiary/aromatic N) is 2. The third kappa shape index (κ3) is 3.40. The van der Waals surface area contributed by atoms with Crippen molar-refractivity contribution >= 4 is 17.4 Å². The first kappa shape index (κ1) is 15.0. The molecule has 2 rings (SSSR count). The van der Waals surface area contributed by atoms with E-state index in [2.05, 4.69) is 10.3 Å². The van der Waals surface area contributed by atoms with E-state index in [0.717, 1.165) is 23.6 Å². The van der Waals surface area contributed by atoms with E-state index < -0.39 is 0 Å². The Kier molecular flexibility index (Phi) is 4.58. The standard InChI is InChI=1S/C17H21N3O/c1-5-14-10-13(11-16(18-3)19-14)17(21)20(4)15-8-6-12(2)7-9-15/h6-11H,5H2,1-4H3,(H,18,19). The van der Waals surface area contributed by atoms with Gasteiger partial charge < -0.3 is 10.2 Å². The lowest BCUT2D eigenvalue weighted by Crippen LogP contribution is -2.26. The maximum atomic E-state index is 12.6. The van der Waals surface area contributed by atoms with Crippen LogP contribution in [0.4, 0.5) is 11.5 Å². The Labute approximate surface area is 125 Å². The summed E-state index contributed by atoms with van der Waals surface area (Å²) < 4.78 is 0. The van der Waals surface area contributed by atoms with Crippen LogP contribution in [0.5, 0.6) is 0 Å². The molecule has 1 aromatic carbocycles. The van der Waals surface area contributed by atoms with Gasteiger partial charge in [0.15, 0.2) is 0 Å². The highest BCUT2D eigenvalue weighted by Gasteiger charge is 2.15. The van der Waals surface area contributed by atoms with Crippen molar-refractivity contribution in [1.82, 2.24) is 4.98 Å². The van der Waals surface area contributed by atoms with Crippen LogP contribution in [0.2, 0.25) is 0 Å². The second-order valence-electron chi connectivity index (χ2n) is 5.04. The average Bonchev–Trinajstić information content (AvgIpc) is 2.53. The molecule has 0 unspecified atom stereocenters. The zero-order valence-corrected chi connectivity index (χ0v) is 13.0. The highest BCUT2D eigenvalue weighted by molar-refractivity contribution is 6.06. The van der Waals surface area contributed by atoms with Gasteiger partial charge in [-0.15, -0.1) is 0 Å². The minimum absolute atomic E-state index is 0.0348. The summed E-state index contributed by atoms with van der Waals surface area (Å²) in [6.07, 6.45) is 0.796. The number of pyridine rings is 1. The number of carbonyl (C=O) groups is 1. The second kappa shape index (κ2) is 6.39. The molecule has 0 aliphatic carbocycles. The van der Waals surface area contributed by atoms with E-state index in [-0.39, 0.29) is 5.91 Å². The van der Waals surface area contributed by atoms with Crippen molar-refractivity contribution in [3.05, 3.63) is 53.2 Å². The largest absolute Gasteiger partial charge is 0.373 e. The van der Waals surface area contributed by atoms with Crippen LogP contribution in [0, 0.1) is 6.92 Å². The number of anilines is 2. The number of nitrogens with one attached hydrogen (secondary N) is 1. The van der Waals surface area contributed by atoms with Gasteiger partial charge in [-0.05, 0) is 37.6 Å². The number of aromatic nitrogens is 1. The van der Waals surface area contributed by atoms with Crippen LogP contribution in [0.1, 0.15) is 28.5 Å². The molecular formula is C17H21N3O. The lowest BCUT2D eigenvalue weighted by atomic mass is 10.1. The van der Waals surface area contributed by atoms with E-state index in [1.807, 2.05) is 44.2 Å². The Hall–Kier alpha value is -2.36. The fourth-order valence-corrected chi connectivity index (χ4v) is 2.10. The summed E-state index contributed by atoms with van der Waals surface area (Å²) in [5.74, 6) is 0.683. The van der Waals surface area contributed by atoms with Crippen molar-refractivity contribution < 1.29 is 4.79 Å². The Morgan fingerprint density at radius 3 is 2.48 bits per heavy atom. The molecule has 0 fully saturated rings. The number of benzene rings is 1. The van der Waals surface area contributed by atoms with E-state index in [1.165, 1.54) is 5.56 Å². The lowest BCUT2D eigenvalue weighted by Gasteiger charge is -2.18. The molecule has 0 aliphatic rings. The summed E-state index contributed by atoms with van der Waals surface area (Å²) in [6, 6.07) is 11.5. The van der Waals surface area contributed by atoms with Crippen LogP contribution < -0.4 is 10.2 Å². The highest BCUT2D eigenvalue weighted by atomic mass is 16.2. The number of aryl methyl sites for hydroxylation is 2. The Bertz CT molecular complexity index is 613. The monoisotopic (exact) mass is 283 g/mol. The van der Waals surface area contributed by atoms with Crippen LogP contribution in [0.15, 0.2) is 36.4 Å². The molecule has 2 aromatic rings. The molecular weight excluding hydrogens is 262 g/mol. The maximum absolute atomic E-state index is 12.6. The van der Waals surface area contributed by atoms with Gasteiger partial charge in [0.05, 0.1) is 0 Å². The molecule has 0 aliphatic heterocycles. The predicted molar refractivity (Wildman–Crippen MR) is 87.1 cm³/mol. The van der Waals surface area contributed by atoms with Gasteiger partial charge in [0.2, 0.25) is 0 Å². The van der Waals surface area contributed by atoms with Gasteiger partial charge in [0.25, 0.3) is 5.91 Å². The van der Waals surface area contributed by atoms with Crippen LogP contribution in [-0.2, 0) is 6.42 Å². The maximum Gasteiger partial charge on any atom is 0.258 e. The molecule has 0 saturated heterocycles. The summed E-state index contributed by atoms with van der Waals surface area (Å²) in [6.45, 7) is 4.06. The molecule has 4 nitrogen and oxygen atoms in total. The summed E-state index contributed by atoms with van der Waals surface area (Å²) >= 11 is 0. The topological polar surface area (TPSA) is 45.2 Å². The summed E-state index contributed by atoms with van der Waals surface area (Å²) in [5, 5.41) is 3.00. The average molecular weight is 283 g/mol. The second-order valence-corrected chi connectivity index (χ2v) is 5.04. The molecule has 0 bridgehead atoms. The number of hydrogen-bond donors (Lipinski definition) is 1. The van der Waals surface area contributed by atoms with Gasteiger partial charge in [-0.1, -0.05) is 24.6 Å². The van der Waals surface area contributed by atoms with Gasteiger partial charge >= 0.3 is 0 Å². The minimum atomic E-state index is -0.0348. The summed E-state index contributed by atoms with van der Waals surface area (Å²) in [4.78, 5) is 18.7.